The molecule has 6 nitrogen and oxygen atoms in total. The molecule has 6 heteroatoms. The zero-order valence-electron chi connectivity index (χ0n) is 31.2. The molecule has 2 aromatic carbocycles. The van der Waals surface area contributed by atoms with Gasteiger partial charge in [-0.3, -0.25) is 4.79 Å². The van der Waals surface area contributed by atoms with Crippen LogP contribution < -0.4 is 24.4 Å². The van der Waals surface area contributed by atoms with E-state index in [0.717, 1.165) is 18.4 Å². The Kier molecular flexibility index (Phi) is 19.8. The van der Waals surface area contributed by atoms with E-state index in [2.05, 4.69) is 39.3 Å². The maximum Gasteiger partial charge on any atom is 0.231 e. The van der Waals surface area contributed by atoms with Gasteiger partial charge in [-0.2, -0.15) is 0 Å². The number of hydrogen-bond acceptors (Lipinski definition) is 5. The molecule has 3 aromatic rings. The molecule has 0 unspecified atom stereocenters. The van der Waals surface area contributed by atoms with Crippen LogP contribution in [0.1, 0.15) is 103 Å². The van der Waals surface area contributed by atoms with Crippen molar-refractivity contribution in [3.05, 3.63) is 103 Å². The predicted molar refractivity (Wildman–Crippen MR) is 217 cm³/mol. The fourth-order valence-corrected chi connectivity index (χ4v) is 6.13. The minimum atomic E-state index is -0.214. The third-order valence-corrected chi connectivity index (χ3v) is 8.76. The Morgan fingerprint density at radius 2 is 1.16 bits per heavy atom. The molecule has 51 heavy (non-hydrogen) atoms. The second-order valence-electron chi connectivity index (χ2n) is 12.9. The third-order valence-electron chi connectivity index (χ3n) is 8.76. The summed E-state index contributed by atoms with van der Waals surface area (Å²) >= 11 is 0. The summed E-state index contributed by atoms with van der Waals surface area (Å²) in [6.07, 6.45) is 30.5. The summed E-state index contributed by atoms with van der Waals surface area (Å²) in [4.78, 5) is 14.1. The largest absolute Gasteiger partial charge is 0.489 e. The Morgan fingerprint density at radius 3 is 1.76 bits per heavy atom. The number of nitrogens with zero attached hydrogens (tertiary/aromatic N) is 1. The molecule has 0 aliphatic heterocycles. The van der Waals surface area contributed by atoms with Gasteiger partial charge in [0.2, 0.25) is 5.43 Å². The molecule has 0 saturated heterocycles. The number of pyridine rings is 1. The SMILES string of the molecule is C=CCOc1ccc2c(=O)c(OCC=C)c(-c3ccc(OCC=C)c(OCC=C)c3)n(C=CCCCCCCCCCCCCCCCC)c2c1. The monoisotopic (exact) mass is 695 g/mol. The zero-order chi connectivity index (χ0) is 36.5. The highest BCUT2D eigenvalue weighted by atomic mass is 16.5. The van der Waals surface area contributed by atoms with Gasteiger partial charge in [0, 0.05) is 17.8 Å². The summed E-state index contributed by atoms with van der Waals surface area (Å²) in [5, 5.41) is 0.527. The van der Waals surface area contributed by atoms with Gasteiger partial charge >= 0.3 is 0 Å². The molecule has 0 aliphatic rings. The molecule has 1 heterocycles. The van der Waals surface area contributed by atoms with Crippen molar-refractivity contribution in [3.8, 4) is 34.3 Å². The van der Waals surface area contributed by atoms with Crippen LogP contribution in [0.4, 0.5) is 0 Å². The van der Waals surface area contributed by atoms with Crippen molar-refractivity contribution in [2.45, 2.75) is 103 Å². The van der Waals surface area contributed by atoms with E-state index in [4.69, 9.17) is 18.9 Å². The van der Waals surface area contributed by atoms with E-state index in [9.17, 15) is 4.79 Å². The zero-order valence-corrected chi connectivity index (χ0v) is 31.2. The molecule has 0 amide bonds. The van der Waals surface area contributed by atoms with Crippen molar-refractivity contribution in [2.75, 3.05) is 26.4 Å². The van der Waals surface area contributed by atoms with E-state index < -0.39 is 0 Å². The van der Waals surface area contributed by atoms with Crippen molar-refractivity contribution < 1.29 is 18.9 Å². The maximum absolute atomic E-state index is 14.1. The average molecular weight is 696 g/mol. The first-order chi connectivity index (χ1) is 25.1. The maximum atomic E-state index is 14.1. The second kappa shape index (κ2) is 24.7. The van der Waals surface area contributed by atoms with Gasteiger partial charge in [-0.15, -0.1) is 0 Å². The lowest BCUT2D eigenvalue weighted by atomic mass is 10.0. The molecule has 0 radical (unpaired) electrons. The van der Waals surface area contributed by atoms with E-state index in [0.29, 0.717) is 53.7 Å². The van der Waals surface area contributed by atoms with Gasteiger partial charge in [-0.25, -0.2) is 0 Å². The number of benzene rings is 2. The minimum absolute atomic E-state index is 0.178. The van der Waals surface area contributed by atoms with Crippen LogP contribution in [0.3, 0.4) is 0 Å². The molecule has 3 rings (SSSR count). The lowest BCUT2D eigenvalue weighted by Gasteiger charge is -2.20. The predicted octanol–water partition coefficient (Wildman–Crippen LogP) is 12.3. The fourth-order valence-electron chi connectivity index (χ4n) is 6.13. The molecular weight excluding hydrogens is 634 g/mol. The first kappa shape index (κ1) is 41.0. The van der Waals surface area contributed by atoms with Crippen LogP contribution in [0, 0.1) is 0 Å². The summed E-state index contributed by atoms with van der Waals surface area (Å²) in [6, 6.07) is 11.1. The molecule has 0 bridgehead atoms. The smallest absolute Gasteiger partial charge is 0.231 e. The number of allylic oxidation sites excluding steroid dienone is 1. The first-order valence-corrected chi connectivity index (χ1v) is 19.1. The van der Waals surface area contributed by atoms with Gasteiger partial charge in [0.25, 0.3) is 0 Å². The highest BCUT2D eigenvalue weighted by Gasteiger charge is 2.21. The normalized spacial score (nSPS) is 11.1. The molecule has 276 valence electrons. The van der Waals surface area contributed by atoms with Crippen molar-refractivity contribution in [1.29, 1.82) is 0 Å². The molecule has 0 aliphatic carbocycles. The molecule has 0 spiro atoms. The fraction of sp³-hybridized carbons (Fsp3) is 0.444. The summed E-state index contributed by atoms with van der Waals surface area (Å²) in [5.41, 5.74) is 1.83. The van der Waals surface area contributed by atoms with E-state index >= 15 is 0 Å². The number of fused-ring (bicyclic) bond motifs is 1. The van der Waals surface area contributed by atoms with Crippen LogP contribution in [-0.2, 0) is 0 Å². The van der Waals surface area contributed by atoms with Crippen LogP contribution in [-0.4, -0.2) is 31.0 Å². The summed E-state index contributed by atoms with van der Waals surface area (Å²) in [6.45, 7) is 18.6. The molecular formula is C45H61NO5. The standard InChI is InChI=1S/C45H61NO5/c1-6-11-12-13-14-15-16-17-18-19-20-21-22-23-24-25-30-46-40-36-38(48-31-7-2)27-28-39(40)44(47)45(51-34-10-5)43(46)37-26-29-41(49-32-8-3)42(35-37)50-33-9-4/h7-10,25-30,35-36H,2-6,11-24,31-34H2,1H3. The van der Waals surface area contributed by atoms with E-state index in [1.54, 1.807) is 36.4 Å². The van der Waals surface area contributed by atoms with Crippen molar-refractivity contribution in [1.82, 2.24) is 4.57 Å². The second-order valence-corrected chi connectivity index (χ2v) is 12.9. The van der Waals surface area contributed by atoms with Crippen molar-refractivity contribution >= 4 is 17.1 Å². The minimum Gasteiger partial charge on any atom is -0.489 e. The van der Waals surface area contributed by atoms with E-state index in [1.165, 1.54) is 83.5 Å². The lowest BCUT2D eigenvalue weighted by Crippen LogP contribution is -2.15. The van der Waals surface area contributed by atoms with Gasteiger partial charge in [-0.05, 0) is 43.2 Å². The molecule has 0 atom stereocenters. The van der Waals surface area contributed by atoms with Crippen LogP contribution >= 0.6 is 0 Å². The number of rotatable bonds is 29. The van der Waals surface area contributed by atoms with Gasteiger partial charge < -0.3 is 23.5 Å². The van der Waals surface area contributed by atoms with Gasteiger partial charge in [0.05, 0.1) is 16.6 Å². The molecule has 0 N–H and O–H groups in total. The Labute approximate surface area is 307 Å². The van der Waals surface area contributed by atoms with Crippen molar-refractivity contribution in [2.24, 2.45) is 0 Å². The summed E-state index contributed by atoms with van der Waals surface area (Å²) in [7, 11) is 0. The van der Waals surface area contributed by atoms with Crippen LogP contribution in [0.5, 0.6) is 23.0 Å². The Bertz CT molecular complexity index is 1600. The van der Waals surface area contributed by atoms with Gasteiger partial charge in [0.15, 0.2) is 17.2 Å². The Balaban J connectivity index is 1.84. The van der Waals surface area contributed by atoms with Gasteiger partial charge in [0.1, 0.15) is 32.2 Å². The topological polar surface area (TPSA) is 58.9 Å². The molecule has 1 aromatic heterocycles. The number of ether oxygens (including phenoxy) is 4. The van der Waals surface area contributed by atoms with Gasteiger partial charge in [-0.1, -0.05) is 147 Å². The van der Waals surface area contributed by atoms with Crippen LogP contribution in [0.15, 0.2) is 97.9 Å². The highest BCUT2D eigenvalue weighted by molar-refractivity contribution is 5.89. The number of unbranched alkanes of at least 4 members (excludes halogenated alkanes) is 14. The van der Waals surface area contributed by atoms with E-state index in [-0.39, 0.29) is 17.8 Å². The van der Waals surface area contributed by atoms with Crippen LogP contribution in [0.25, 0.3) is 28.4 Å². The number of aromatic nitrogens is 1. The highest BCUT2D eigenvalue weighted by Crippen LogP contribution is 2.38. The molecule has 0 fully saturated rings. The lowest BCUT2D eigenvalue weighted by molar-refractivity contribution is 0.308. The third kappa shape index (κ3) is 13.7. The average Bonchev–Trinajstić information content (AvgIpc) is 3.15. The summed E-state index contributed by atoms with van der Waals surface area (Å²) in [5.74, 6) is 1.97. The Hall–Kier alpha value is -4.45. The van der Waals surface area contributed by atoms with E-state index in [1.807, 2.05) is 35.0 Å². The van der Waals surface area contributed by atoms with Crippen molar-refractivity contribution in [3.63, 3.8) is 0 Å². The first-order valence-electron chi connectivity index (χ1n) is 19.1. The molecule has 0 saturated carbocycles. The Morgan fingerprint density at radius 1 is 0.608 bits per heavy atom. The summed E-state index contributed by atoms with van der Waals surface area (Å²) < 4.78 is 25.9. The quantitative estimate of drug-likeness (QED) is 0.0534. The number of hydrogen-bond donors (Lipinski definition) is 0. The van der Waals surface area contributed by atoms with Crippen LogP contribution in [0.2, 0.25) is 0 Å².